The van der Waals surface area contributed by atoms with Crippen molar-refractivity contribution in [1.82, 2.24) is 0 Å². The number of ether oxygens (including phenoxy) is 1. The number of hydrogen-bond acceptors (Lipinski definition) is 2. The fraction of sp³-hybridized carbons (Fsp3) is 0.0625. The molecule has 0 fully saturated rings. The fourth-order valence-electron chi connectivity index (χ4n) is 2.02. The van der Waals surface area contributed by atoms with Crippen molar-refractivity contribution in [2.75, 3.05) is 0 Å². The molecule has 2 heteroatoms. The molecule has 0 radical (unpaired) electrons. The van der Waals surface area contributed by atoms with Gasteiger partial charge in [-0.1, -0.05) is 49.6 Å². The minimum atomic E-state index is -0.338. The Balaban J connectivity index is 2.67. The molecule has 1 aliphatic heterocycles. The van der Waals surface area contributed by atoms with Gasteiger partial charge in [-0.25, -0.2) is 4.79 Å². The van der Waals surface area contributed by atoms with Crippen LogP contribution in [-0.2, 0) is 4.74 Å². The number of carbonyl (C=O) groups excluding carboxylic acids is 1. The zero-order valence-electron chi connectivity index (χ0n) is 10.3. The van der Waals surface area contributed by atoms with Crippen molar-refractivity contribution >= 4 is 17.3 Å². The minimum absolute atomic E-state index is 0.338. The Kier molecular flexibility index (Phi) is 3.28. The van der Waals surface area contributed by atoms with Crippen LogP contribution in [0.5, 0.6) is 0 Å². The summed E-state index contributed by atoms with van der Waals surface area (Å²) < 4.78 is 5.07. The van der Waals surface area contributed by atoms with Crippen LogP contribution in [0.3, 0.4) is 0 Å². The molecule has 1 aromatic rings. The molecule has 0 saturated carbocycles. The van der Waals surface area contributed by atoms with Crippen molar-refractivity contribution in [3.8, 4) is 0 Å². The molecule has 0 N–H and O–H groups in total. The summed E-state index contributed by atoms with van der Waals surface area (Å²) in [6, 6.07) is 5.54. The van der Waals surface area contributed by atoms with E-state index in [4.69, 9.17) is 4.74 Å². The highest BCUT2D eigenvalue weighted by molar-refractivity contribution is 6.05. The lowest BCUT2D eigenvalue weighted by Crippen LogP contribution is -1.94. The summed E-state index contributed by atoms with van der Waals surface area (Å²) in [5.74, 6) is 0.0698. The van der Waals surface area contributed by atoms with Crippen molar-refractivity contribution in [1.29, 1.82) is 0 Å². The number of hydrogen-bond donors (Lipinski definition) is 0. The lowest BCUT2D eigenvalue weighted by molar-refractivity contribution is 0.0716. The average Bonchev–Trinajstić information content (AvgIpc) is 2.65. The van der Waals surface area contributed by atoms with Gasteiger partial charge < -0.3 is 4.74 Å². The molecule has 0 spiro atoms. The molecule has 0 aliphatic carbocycles. The number of benzene rings is 1. The smallest absolute Gasteiger partial charge is 0.344 e. The third-order valence-corrected chi connectivity index (χ3v) is 2.73. The zero-order chi connectivity index (χ0) is 13.1. The minimum Gasteiger partial charge on any atom is -0.423 e. The van der Waals surface area contributed by atoms with Crippen molar-refractivity contribution in [2.24, 2.45) is 0 Å². The summed E-state index contributed by atoms with van der Waals surface area (Å²) >= 11 is 0. The predicted octanol–water partition coefficient (Wildman–Crippen LogP) is 3.97. The van der Waals surface area contributed by atoms with Gasteiger partial charge in [-0.05, 0) is 24.1 Å². The molecule has 0 amide bonds. The first kappa shape index (κ1) is 12.1. The van der Waals surface area contributed by atoms with E-state index in [1.165, 1.54) is 0 Å². The summed E-state index contributed by atoms with van der Waals surface area (Å²) in [5.41, 5.74) is 3.25. The third kappa shape index (κ3) is 1.93. The predicted molar refractivity (Wildman–Crippen MR) is 73.9 cm³/mol. The van der Waals surface area contributed by atoms with Crippen molar-refractivity contribution < 1.29 is 9.53 Å². The summed E-state index contributed by atoms with van der Waals surface area (Å²) in [5, 5.41) is 0. The Bertz CT molecular complexity index is 589. The van der Waals surface area contributed by atoms with Crippen molar-refractivity contribution in [3.05, 3.63) is 72.4 Å². The molecule has 0 bridgehead atoms. The Morgan fingerprint density at radius 2 is 2.17 bits per heavy atom. The first-order valence-electron chi connectivity index (χ1n) is 5.69. The SMILES string of the molecule is C=C/C=C(\C=C\C)c1cccc2c1C(=C)OC2=O. The Morgan fingerprint density at radius 1 is 1.39 bits per heavy atom. The highest BCUT2D eigenvalue weighted by Gasteiger charge is 2.27. The molecule has 2 rings (SSSR count). The standard InChI is InChI=1S/C16H14O2/c1-4-7-12(8-5-2)13-9-6-10-14-15(13)11(3)18-16(14)17/h4-10H,1,3H2,2H3/b8-5+,12-7+. The van der Waals surface area contributed by atoms with Crippen LogP contribution < -0.4 is 0 Å². The largest absolute Gasteiger partial charge is 0.423 e. The van der Waals surface area contributed by atoms with E-state index in [0.29, 0.717) is 11.3 Å². The molecular weight excluding hydrogens is 224 g/mol. The maximum absolute atomic E-state index is 11.6. The maximum atomic E-state index is 11.6. The van der Waals surface area contributed by atoms with Crippen LogP contribution in [0.15, 0.2) is 55.7 Å². The number of allylic oxidation sites excluding steroid dienone is 5. The number of cyclic esters (lactones) is 1. The quantitative estimate of drug-likeness (QED) is 0.588. The van der Waals surface area contributed by atoms with Crippen LogP contribution in [0.4, 0.5) is 0 Å². The topological polar surface area (TPSA) is 26.3 Å². The van der Waals surface area contributed by atoms with Crippen LogP contribution >= 0.6 is 0 Å². The van der Waals surface area contributed by atoms with Gasteiger partial charge in [0.25, 0.3) is 0 Å². The van der Waals surface area contributed by atoms with E-state index in [9.17, 15) is 4.79 Å². The number of rotatable bonds is 3. The van der Waals surface area contributed by atoms with Gasteiger partial charge in [0.1, 0.15) is 5.76 Å². The molecule has 1 aromatic carbocycles. The Hall–Kier alpha value is -2.35. The first-order chi connectivity index (χ1) is 8.69. The summed E-state index contributed by atoms with van der Waals surface area (Å²) in [6.07, 6.45) is 7.52. The Morgan fingerprint density at radius 3 is 2.83 bits per heavy atom. The number of fused-ring (bicyclic) bond motifs is 1. The second-order valence-corrected chi connectivity index (χ2v) is 3.90. The average molecular weight is 238 g/mol. The van der Waals surface area contributed by atoms with E-state index < -0.39 is 0 Å². The van der Waals surface area contributed by atoms with Crippen LogP contribution in [-0.4, -0.2) is 5.97 Å². The van der Waals surface area contributed by atoms with Gasteiger partial charge in [-0.2, -0.15) is 0 Å². The molecule has 90 valence electrons. The molecule has 0 saturated heterocycles. The van der Waals surface area contributed by atoms with E-state index in [1.807, 2.05) is 37.3 Å². The van der Waals surface area contributed by atoms with Gasteiger partial charge in [-0.3, -0.25) is 0 Å². The van der Waals surface area contributed by atoms with Gasteiger partial charge in [0, 0.05) is 5.56 Å². The highest BCUT2D eigenvalue weighted by Crippen LogP contribution is 2.35. The van der Waals surface area contributed by atoms with Crippen molar-refractivity contribution in [3.63, 3.8) is 0 Å². The van der Waals surface area contributed by atoms with E-state index in [-0.39, 0.29) is 5.97 Å². The first-order valence-corrected chi connectivity index (χ1v) is 5.69. The number of esters is 1. The fourth-order valence-corrected chi connectivity index (χ4v) is 2.02. The van der Waals surface area contributed by atoms with Gasteiger partial charge in [0.05, 0.1) is 5.56 Å². The van der Waals surface area contributed by atoms with Gasteiger partial charge in [-0.15, -0.1) is 0 Å². The van der Waals surface area contributed by atoms with E-state index in [0.717, 1.165) is 16.7 Å². The van der Waals surface area contributed by atoms with Gasteiger partial charge in [0.15, 0.2) is 0 Å². The van der Waals surface area contributed by atoms with Crippen molar-refractivity contribution in [2.45, 2.75) is 6.92 Å². The second-order valence-electron chi connectivity index (χ2n) is 3.90. The molecule has 0 unspecified atom stereocenters. The molecule has 0 aromatic heterocycles. The number of carbonyl (C=O) groups is 1. The molecule has 1 heterocycles. The summed E-state index contributed by atoms with van der Waals surface area (Å²) in [7, 11) is 0. The molecule has 2 nitrogen and oxygen atoms in total. The third-order valence-electron chi connectivity index (χ3n) is 2.73. The van der Waals surface area contributed by atoms with Crippen LogP contribution in [0.1, 0.15) is 28.4 Å². The molecular formula is C16H14O2. The van der Waals surface area contributed by atoms with E-state index in [1.54, 1.807) is 12.1 Å². The van der Waals surface area contributed by atoms with Gasteiger partial charge in [0.2, 0.25) is 0 Å². The Labute approximate surface area is 107 Å². The molecule has 0 atom stereocenters. The van der Waals surface area contributed by atoms with Crippen LogP contribution in [0.2, 0.25) is 0 Å². The summed E-state index contributed by atoms with van der Waals surface area (Å²) in [4.78, 5) is 11.6. The lowest BCUT2D eigenvalue weighted by atomic mass is 9.95. The highest BCUT2D eigenvalue weighted by atomic mass is 16.5. The normalized spacial score (nSPS) is 14.8. The van der Waals surface area contributed by atoms with E-state index >= 15 is 0 Å². The second kappa shape index (κ2) is 4.88. The molecule has 18 heavy (non-hydrogen) atoms. The molecule has 1 aliphatic rings. The van der Waals surface area contributed by atoms with Crippen LogP contribution in [0, 0.1) is 0 Å². The zero-order valence-corrected chi connectivity index (χ0v) is 10.3. The van der Waals surface area contributed by atoms with Gasteiger partial charge >= 0.3 is 5.97 Å². The maximum Gasteiger partial charge on any atom is 0.344 e. The van der Waals surface area contributed by atoms with Crippen LogP contribution in [0.25, 0.3) is 11.3 Å². The summed E-state index contributed by atoms with van der Waals surface area (Å²) in [6.45, 7) is 9.43. The van der Waals surface area contributed by atoms with E-state index in [2.05, 4.69) is 13.2 Å². The monoisotopic (exact) mass is 238 g/mol. The lowest BCUT2D eigenvalue weighted by Gasteiger charge is -2.07.